The summed E-state index contributed by atoms with van der Waals surface area (Å²) in [7, 11) is 0. The van der Waals surface area contributed by atoms with Gasteiger partial charge in [0.2, 0.25) is 5.88 Å². The Hall–Kier alpha value is -3.88. The predicted molar refractivity (Wildman–Crippen MR) is 147 cm³/mol. The zero-order valence-corrected chi connectivity index (χ0v) is 21.6. The van der Waals surface area contributed by atoms with Crippen LogP contribution >= 0.6 is 23.2 Å². The highest BCUT2D eigenvalue weighted by Crippen LogP contribution is 2.33. The minimum Gasteiger partial charge on any atom is -0.477 e. The summed E-state index contributed by atoms with van der Waals surface area (Å²) in [6.45, 7) is 2.61. The maximum atomic E-state index is 13.6. The Labute approximate surface area is 225 Å². The normalized spacial score (nSPS) is 11.2. The number of hydrogen-bond donors (Lipinski definition) is 1. The van der Waals surface area contributed by atoms with Crippen LogP contribution in [0.5, 0.6) is 5.88 Å². The van der Waals surface area contributed by atoms with Gasteiger partial charge in [0.25, 0.3) is 5.56 Å². The Morgan fingerprint density at radius 2 is 1.53 bits per heavy atom. The number of pyridine rings is 4. The van der Waals surface area contributed by atoms with E-state index in [0.717, 1.165) is 12.8 Å². The van der Waals surface area contributed by atoms with Crippen molar-refractivity contribution in [3.63, 3.8) is 0 Å². The summed E-state index contributed by atoms with van der Waals surface area (Å²) in [5, 5.41) is 4.12. The van der Waals surface area contributed by atoms with Gasteiger partial charge in [-0.1, -0.05) is 36.5 Å². The summed E-state index contributed by atoms with van der Waals surface area (Å²) in [6.07, 6.45) is 5.04. The molecule has 0 aliphatic rings. The van der Waals surface area contributed by atoms with E-state index in [1.165, 1.54) is 30.3 Å². The van der Waals surface area contributed by atoms with E-state index in [1.54, 1.807) is 30.6 Å². The van der Waals surface area contributed by atoms with Crippen LogP contribution in [0.3, 0.4) is 0 Å². The first kappa shape index (κ1) is 25.8. The molecule has 0 bridgehead atoms. The van der Waals surface area contributed by atoms with Crippen LogP contribution in [0.15, 0.2) is 65.7 Å². The van der Waals surface area contributed by atoms with Crippen molar-refractivity contribution in [3.8, 4) is 5.88 Å². The third kappa shape index (κ3) is 4.97. The van der Waals surface area contributed by atoms with E-state index in [2.05, 4.69) is 26.9 Å². The Balaban J connectivity index is 0.000000158. The van der Waals surface area contributed by atoms with Crippen LogP contribution in [0.2, 0.25) is 10.3 Å². The molecule has 0 unspecified atom stereocenters. The Morgan fingerprint density at radius 3 is 2.26 bits per heavy atom. The van der Waals surface area contributed by atoms with E-state index < -0.39 is 5.82 Å². The third-order valence-electron chi connectivity index (χ3n) is 5.97. The van der Waals surface area contributed by atoms with Gasteiger partial charge in [0.05, 0.1) is 23.0 Å². The average molecular weight is 553 g/mol. The van der Waals surface area contributed by atoms with Crippen molar-refractivity contribution in [3.05, 3.63) is 93.2 Å². The fourth-order valence-corrected chi connectivity index (χ4v) is 4.69. The van der Waals surface area contributed by atoms with Gasteiger partial charge >= 0.3 is 0 Å². The van der Waals surface area contributed by atoms with E-state index >= 15 is 0 Å². The van der Waals surface area contributed by atoms with Crippen molar-refractivity contribution in [1.29, 1.82) is 0 Å². The molecule has 0 amide bonds. The second-order valence-electron chi connectivity index (χ2n) is 8.47. The first-order chi connectivity index (χ1) is 18.4. The number of unbranched alkanes of at least 4 members (excludes halogenated alkanes) is 1. The lowest BCUT2D eigenvalue weighted by Crippen LogP contribution is -2.08. The Kier molecular flexibility index (Phi) is 7.35. The van der Waals surface area contributed by atoms with E-state index in [4.69, 9.17) is 27.9 Å². The molecule has 0 fully saturated rings. The highest BCUT2D eigenvalue weighted by atomic mass is 35.5. The number of nitrogens with zero attached hydrogens (tertiary/aromatic N) is 3. The number of ether oxygens (including phenoxy) is 1. The second kappa shape index (κ2) is 10.8. The molecule has 10 heteroatoms. The highest BCUT2D eigenvalue weighted by molar-refractivity contribution is 6.39. The van der Waals surface area contributed by atoms with Crippen LogP contribution in [-0.2, 0) is 0 Å². The maximum absolute atomic E-state index is 13.6. The van der Waals surface area contributed by atoms with Crippen molar-refractivity contribution < 1.29 is 13.5 Å². The topological polar surface area (TPSA) is 80.8 Å². The fraction of sp³-hybridized carbons (Fsp3) is 0.143. The number of aromatic amines is 1. The summed E-state index contributed by atoms with van der Waals surface area (Å²) < 4.78 is 32.6. The molecule has 0 spiro atoms. The van der Waals surface area contributed by atoms with Gasteiger partial charge in [-0.2, -0.15) is 0 Å². The molecule has 1 N–H and O–H groups in total. The first-order valence-electron chi connectivity index (χ1n) is 11.8. The molecule has 4 aromatic heterocycles. The maximum Gasteiger partial charge on any atom is 0.256 e. The van der Waals surface area contributed by atoms with Gasteiger partial charge in [-0.15, -0.1) is 0 Å². The van der Waals surface area contributed by atoms with Gasteiger partial charge < -0.3 is 9.72 Å². The molecule has 6 aromatic rings. The average Bonchev–Trinajstić information content (AvgIpc) is 2.89. The summed E-state index contributed by atoms with van der Waals surface area (Å²) in [5.74, 6) is -0.313. The molecule has 0 atom stereocenters. The van der Waals surface area contributed by atoms with Gasteiger partial charge in [0.15, 0.2) is 0 Å². The van der Waals surface area contributed by atoms with Crippen LogP contribution < -0.4 is 10.3 Å². The van der Waals surface area contributed by atoms with Crippen molar-refractivity contribution >= 4 is 66.6 Å². The van der Waals surface area contributed by atoms with Crippen LogP contribution in [-0.4, -0.2) is 26.5 Å². The number of rotatable bonds is 4. The zero-order chi connectivity index (χ0) is 26.8. The number of fused-ring (bicyclic) bond motifs is 6. The smallest absolute Gasteiger partial charge is 0.256 e. The molecule has 6 rings (SSSR count). The van der Waals surface area contributed by atoms with Crippen molar-refractivity contribution in [2.45, 2.75) is 19.8 Å². The lowest BCUT2D eigenvalue weighted by atomic mass is 10.1. The molecular weight excluding hydrogens is 533 g/mol. The number of H-pyrrole nitrogens is 1. The van der Waals surface area contributed by atoms with E-state index in [0.29, 0.717) is 66.1 Å². The van der Waals surface area contributed by atoms with Crippen LogP contribution in [0.1, 0.15) is 19.8 Å². The zero-order valence-electron chi connectivity index (χ0n) is 20.1. The largest absolute Gasteiger partial charge is 0.477 e. The molecule has 0 saturated heterocycles. The predicted octanol–water partition coefficient (Wildman–Crippen LogP) is 7.62. The quantitative estimate of drug-likeness (QED) is 0.138. The van der Waals surface area contributed by atoms with Gasteiger partial charge in [-0.3, -0.25) is 4.79 Å². The molecule has 192 valence electrons. The molecule has 0 aliphatic heterocycles. The molecule has 2 aromatic carbocycles. The molecule has 38 heavy (non-hydrogen) atoms. The summed E-state index contributed by atoms with van der Waals surface area (Å²) in [5.41, 5.74) is 0.955. The van der Waals surface area contributed by atoms with Crippen molar-refractivity contribution in [2.75, 3.05) is 6.61 Å². The first-order valence-corrected chi connectivity index (χ1v) is 12.5. The number of nitrogens with one attached hydrogen (secondary N) is 1. The standard InChI is InChI=1S/C16H15FN2O2.C12H5Cl2FN2/c1-2-3-8-21-16-14-12-9-10(17)4-5-11(12)15(20)19-13(14)6-7-18-16;13-11-7-2-1-6(15)5-8(7)10-9(17-11)3-4-16-12(10)14/h4-7,9H,2-3,8H2,1H3,(H,19,20);1-5H. The van der Waals surface area contributed by atoms with E-state index in [9.17, 15) is 13.6 Å². The number of benzene rings is 2. The number of hydrogen-bond acceptors (Lipinski definition) is 5. The van der Waals surface area contributed by atoms with Gasteiger partial charge in [0, 0.05) is 39.3 Å². The monoisotopic (exact) mass is 552 g/mol. The highest BCUT2D eigenvalue weighted by Gasteiger charge is 2.13. The number of halogens is 4. The van der Waals surface area contributed by atoms with Gasteiger partial charge in [-0.05, 0) is 55.0 Å². The summed E-state index contributed by atoms with van der Waals surface area (Å²) >= 11 is 12.1. The molecule has 6 nitrogen and oxygen atoms in total. The Morgan fingerprint density at radius 1 is 0.842 bits per heavy atom. The van der Waals surface area contributed by atoms with Crippen molar-refractivity contribution in [2.24, 2.45) is 0 Å². The van der Waals surface area contributed by atoms with E-state index in [1.807, 2.05) is 0 Å². The molecule has 0 aliphatic carbocycles. The van der Waals surface area contributed by atoms with Crippen LogP contribution in [0.4, 0.5) is 8.78 Å². The minimum absolute atomic E-state index is 0.247. The number of aromatic nitrogens is 4. The van der Waals surface area contributed by atoms with Crippen LogP contribution in [0, 0.1) is 11.6 Å². The molecular formula is C28H20Cl2F2N4O2. The van der Waals surface area contributed by atoms with Gasteiger partial charge in [-0.25, -0.2) is 23.7 Å². The van der Waals surface area contributed by atoms with Crippen LogP contribution in [0.25, 0.3) is 43.4 Å². The summed E-state index contributed by atoms with van der Waals surface area (Å²) in [4.78, 5) is 27.2. The minimum atomic E-state index is -0.391. The van der Waals surface area contributed by atoms with E-state index in [-0.39, 0.29) is 11.4 Å². The van der Waals surface area contributed by atoms with Crippen molar-refractivity contribution in [1.82, 2.24) is 19.9 Å². The second-order valence-corrected chi connectivity index (χ2v) is 9.19. The third-order valence-corrected chi connectivity index (χ3v) is 6.55. The molecule has 0 radical (unpaired) electrons. The lowest BCUT2D eigenvalue weighted by molar-refractivity contribution is 0.302. The van der Waals surface area contributed by atoms with Gasteiger partial charge in [0.1, 0.15) is 21.9 Å². The fourth-order valence-electron chi connectivity index (χ4n) is 4.18. The molecule has 4 heterocycles. The lowest BCUT2D eigenvalue weighted by Gasteiger charge is -2.10. The summed E-state index contributed by atoms with van der Waals surface area (Å²) in [6, 6.07) is 11.8. The Bertz CT molecular complexity index is 1880. The molecule has 0 saturated carbocycles. The SMILES string of the molecule is CCCCOc1nccc2[nH]c(=O)c3ccc(F)cc3c12.Fc1ccc2c(Cl)nc3ccnc(Cl)c3c2c1.